The zero-order chi connectivity index (χ0) is 10.6. The molecule has 1 aliphatic carbocycles. The number of halogens is 1. The zero-order valence-corrected chi connectivity index (χ0v) is 8.79. The Kier molecular flexibility index (Phi) is 1.77. The van der Waals surface area contributed by atoms with Crippen molar-refractivity contribution >= 4 is 0 Å². The second kappa shape index (κ2) is 2.57. The predicted octanol–water partition coefficient (Wildman–Crippen LogP) is 1.34. The molecule has 0 bridgehead atoms. The first-order valence-electron chi connectivity index (χ1n) is 4.82. The van der Waals surface area contributed by atoms with Crippen molar-refractivity contribution in [2.24, 2.45) is 18.2 Å². The summed E-state index contributed by atoms with van der Waals surface area (Å²) >= 11 is 0. The van der Waals surface area contributed by atoms with Crippen molar-refractivity contribution in [1.29, 1.82) is 0 Å². The Morgan fingerprint density at radius 3 is 2.64 bits per heavy atom. The molecular formula is C10H16FN3. The lowest BCUT2D eigenvalue weighted by atomic mass is 9.55. The van der Waals surface area contributed by atoms with Crippen LogP contribution < -0.4 is 5.73 Å². The molecule has 1 aromatic rings. The zero-order valence-electron chi connectivity index (χ0n) is 8.79. The first-order valence-corrected chi connectivity index (χ1v) is 4.82. The average Bonchev–Trinajstić information content (AvgIpc) is 2.51. The van der Waals surface area contributed by atoms with E-state index < -0.39 is 11.1 Å². The molecule has 0 spiro atoms. The molecule has 2 unspecified atom stereocenters. The van der Waals surface area contributed by atoms with E-state index >= 15 is 0 Å². The summed E-state index contributed by atoms with van der Waals surface area (Å²) in [5.41, 5.74) is 4.63. The Bertz CT molecular complexity index is 358. The summed E-state index contributed by atoms with van der Waals surface area (Å²) in [6.45, 7) is 3.74. The Hall–Kier alpha value is -0.900. The molecule has 3 nitrogen and oxygen atoms in total. The Balaban J connectivity index is 2.41. The molecule has 1 saturated carbocycles. The largest absolute Gasteiger partial charge is 0.327 e. The lowest BCUT2D eigenvalue weighted by Crippen LogP contribution is -2.63. The number of rotatable bonds is 1. The second-order valence-electron chi connectivity index (χ2n) is 4.67. The molecule has 78 valence electrons. The standard InChI is InChI=1S/C10H16FN3/c1-9(2)7(12)6-10(9,11)8-4-5-13-14(8)3/h4-5,7H,6,12H2,1-3H3. The summed E-state index contributed by atoms with van der Waals surface area (Å²) < 4.78 is 16.2. The Labute approximate surface area is 83.1 Å². The molecule has 1 fully saturated rings. The summed E-state index contributed by atoms with van der Waals surface area (Å²) in [4.78, 5) is 0. The predicted molar refractivity (Wildman–Crippen MR) is 52.4 cm³/mol. The van der Waals surface area contributed by atoms with E-state index in [1.54, 1.807) is 24.0 Å². The first kappa shape index (κ1) is 9.65. The van der Waals surface area contributed by atoms with E-state index in [-0.39, 0.29) is 6.04 Å². The van der Waals surface area contributed by atoms with E-state index in [9.17, 15) is 4.39 Å². The highest BCUT2D eigenvalue weighted by atomic mass is 19.1. The van der Waals surface area contributed by atoms with E-state index in [0.717, 1.165) is 0 Å². The summed E-state index contributed by atoms with van der Waals surface area (Å²) in [5, 5.41) is 3.99. The Morgan fingerprint density at radius 1 is 1.64 bits per heavy atom. The SMILES string of the molecule is Cn1nccc1C1(F)CC(N)C1(C)C. The molecule has 14 heavy (non-hydrogen) atoms. The van der Waals surface area contributed by atoms with Crippen LogP contribution in [0.2, 0.25) is 0 Å². The minimum absolute atomic E-state index is 0.0672. The van der Waals surface area contributed by atoms with Gasteiger partial charge in [0.15, 0.2) is 5.67 Å². The quantitative estimate of drug-likeness (QED) is 0.738. The topological polar surface area (TPSA) is 43.8 Å². The number of aromatic nitrogens is 2. The van der Waals surface area contributed by atoms with Gasteiger partial charge in [-0.1, -0.05) is 13.8 Å². The molecule has 0 saturated heterocycles. The van der Waals surface area contributed by atoms with Crippen LogP contribution in [0.15, 0.2) is 12.3 Å². The number of nitrogens with two attached hydrogens (primary N) is 1. The van der Waals surface area contributed by atoms with Crippen molar-refractivity contribution in [3.8, 4) is 0 Å². The molecule has 1 heterocycles. The van der Waals surface area contributed by atoms with Gasteiger partial charge >= 0.3 is 0 Å². The van der Waals surface area contributed by atoms with Crippen LogP contribution in [0.3, 0.4) is 0 Å². The summed E-state index contributed by atoms with van der Waals surface area (Å²) in [6, 6.07) is 1.66. The molecule has 0 aromatic carbocycles. The number of aryl methyl sites for hydroxylation is 1. The number of nitrogens with zero attached hydrogens (tertiary/aromatic N) is 2. The van der Waals surface area contributed by atoms with Crippen LogP contribution in [-0.2, 0) is 12.7 Å². The molecule has 0 radical (unpaired) electrons. The number of hydrogen-bond acceptors (Lipinski definition) is 2. The fraction of sp³-hybridized carbons (Fsp3) is 0.700. The van der Waals surface area contributed by atoms with Gasteiger partial charge < -0.3 is 5.73 Å². The van der Waals surface area contributed by atoms with Gasteiger partial charge in [-0.15, -0.1) is 0 Å². The van der Waals surface area contributed by atoms with Crippen LogP contribution >= 0.6 is 0 Å². The fourth-order valence-corrected chi connectivity index (χ4v) is 2.18. The highest BCUT2D eigenvalue weighted by Crippen LogP contribution is 2.57. The van der Waals surface area contributed by atoms with Crippen LogP contribution in [0.5, 0.6) is 0 Å². The molecule has 2 atom stereocenters. The minimum Gasteiger partial charge on any atom is -0.327 e. The first-order chi connectivity index (χ1) is 6.39. The van der Waals surface area contributed by atoms with Crippen LogP contribution in [0.4, 0.5) is 4.39 Å². The van der Waals surface area contributed by atoms with Gasteiger partial charge in [0.2, 0.25) is 0 Å². The third-order valence-electron chi connectivity index (χ3n) is 3.68. The summed E-state index contributed by atoms with van der Waals surface area (Å²) in [5.74, 6) is 0. The third-order valence-corrected chi connectivity index (χ3v) is 3.68. The van der Waals surface area contributed by atoms with Crippen molar-refractivity contribution in [3.05, 3.63) is 18.0 Å². The van der Waals surface area contributed by atoms with Gasteiger partial charge in [-0.3, -0.25) is 4.68 Å². The number of alkyl halides is 1. The monoisotopic (exact) mass is 197 g/mol. The third kappa shape index (κ3) is 0.919. The van der Waals surface area contributed by atoms with Crippen molar-refractivity contribution in [2.45, 2.75) is 32.0 Å². The average molecular weight is 197 g/mol. The smallest absolute Gasteiger partial charge is 0.160 e. The van der Waals surface area contributed by atoms with Gasteiger partial charge in [0.1, 0.15) is 0 Å². The van der Waals surface area contributed by atoms with Gasteiger partial charge in [0.05, 0.1) is 5.69 Å². The van der Waals surface area contributed by atoms with E-state index in [4.69, 9.17) is 5.73 Å². The van der Waals surface area contributed by atoms with Crippen molar-refractivity contribution in [2.75, 3.05) is 0 Å². The van der Waals surface area contributed by atoms with E-state index in [1.807, 2.05) is 13.8 Å². The maximum absolute atomic E-state index is 14.6. The molecule has 1 aliphatic rings. The molecule has 2 N–H and O–H groups in total. The molecular weight excluding hydrogens is 181 g/mol. The van der Waals surface area contributed by atoms with Gasteiger partial charge in [-0.05, 0) is 6.07 Å². The van der Waals surface area contributed by atoms with Crippen molar-refractivity contribution in [3.63, 3.8) is 0 Å². The summed E-state index contributed by atoms with van der Waals surface area (Å²) in [7, 11) is 1.76. The lowest BCUT2D eigenvalue weighted by Gasteiger charge is -2.54. The van der Waals surface area contributed by atoms with E-state index in [2.05, 4.69) is 5.10 Å². The summed E-state index contributed by atoms with van der Waals surface area (Å²) in [6.07, 6.45) is 2.01. The van der Waals surface area contributed by atoms with E-state index in [0.29, 0.717) is 12.1 Å². The van der Waals surface area contributed by atoms with Crippen LogP contribution in [0.25, 0.3) is 0 Å². The van der Waals surface area contributed by atoms with Crippen LogP contribution in [0.1, 0.15) is 26.0 Å². The maximum Gasteiger partial charge on any atom is 0.160 e. The van der Waals surface area contributed by atoms with Gasteiger partial charge in [0.25, 0.3) is 0 Å². The number of hydrogen-bond donors (Lipinski definition) is 1. The Morgan fingerprint density at radius 2 is 2.29 bits per heavy atom. The van der Waals surface area contributed by atoms with Crippen molar-refractivity contribution < 1.29 is 4.39 Å². The minimum atomic E-state index is -1.32. The normalized spacial score (nSPS) is 35.4. The molecule has 0 aliphatic heterocycles. The van der Waals surface area contributed by atoms with Gasteiger partial charge in [-0.25, -0.2) is 4.39 Å². The lowest BCUT2D eigenvalue weighted by molar-refractivity contribution is -0.113. The highest BCUT2D eigenvalue weighted by Gasteiger charge is 2.61. The molecule has 2 rings (SSSR count). The van der Waals surface area contributed by atoms with Gasteiger partial charge in [-0.2, -0.15) is 5.10 Å². The second-order valence-corrected chi connectivity index (χ2v) is 4.67. The molecule has 0 amide bonds. The molecule has 4 heteroatoms. The van der Waals surface area contributed by atoms with Crippen LogP contribution in [-0.4, -0.2) is 15.8 Å². The highest BCUT2D eigenvalue weighted by molar-refractivity contribution is 5.25. The molecule has 1 aromatic heterocycles. The fourth-order valence-electron chi connectivity index (χ4n) is 2.18. The van der Waals surface area contributed by atoms with Gasteiger partial charge in [0, 0.05) is 31.1 Å². The van der Waals surface area contributed by atoms with Crippen LogP contribution in [0, 0.1) is 5.41 Å². The van der Waals surface area contributed by atoms with Crippen molar-refractivity contribution in [1.82, 2.24) is 9.78 Å². The maximum atomic E-state index is 14.6. The van der Waals surface area contributed by atoms with E-state index in [1.165, 1.54) is 0 Å².